The molecule has 0 spiro atoms. The van der Waals surface area contributed by atoms with Crippen molar-refractivity contribution in [3.8, 4) is 0 Å². The van der Waals surface area contributed by atoms with Crippen LogP contribution in [0.25, 0.3) is 0 Å². The van der Waals surface area contributed by atoms with Gasteiger partial charge in [0.25, 0.3) is 0 Å². The summed E-state index contributed by atoms with van der Waals surface area (Å²) in [6, 6.07) is 10.1. The monoisotopic (exact) mass is 235 g/mol. The van der Waals surface area contributed by atoms with Gasteiger partial charge in [0.2, 0.25) is 0 Å². The summed E-state index contributed by atoms with van der Waals surface area (Å²) in [6.07, 6.45) is 1.49. The van der Waals surface area contributed by atoms with E-state index in [1.807, 2.05) is 44.3 Å². The number of hydrogen-bond acceptors (Lipinski definition) is 3. The van der Waals surface area contributed by atoms with E-state index in [1.54, 1.807) is 0 Å². The summed E-state index contributed by atoms with van der Waals surface area (Å²) in [7, 11) is 1.97. The van der Waals surface area contributed by atoms with Crippen LogP contribution in [0.1, 0.15) is 25.3 Å². The number of aliphatic hydroxyl groups is 2. The van der Waals surface area contributed by atoms with E-state index in [4.69, 9.17) is 0 Å². The Balaban J connectivity index is 2.33. The van der Waals surface area contributed by atoms with Crippen LogP contribution in [0.5, 0.6) is 0 Å². The number of piperidine rings is 1. The molecule has 1 aromatic rings. The molecule has 0 bridgehead atoms. The standard InChI is InChI=1S/C14H21NO2/c1-13(17)8-9-14(11-16,15(2)10-13)12-6-4-3-5-7-12/h3-7,16-17H,8-11H2,1-2H3/t13-,14-/m1/s1. The molecule has 2 rings (SSSR count). The van der Waals surface area contributed by atoms with Gasteiger partial charge >= 0.3 is 0 Å². The number of aliphatic hydroxyl groups excluding tert-OH is 1. The zero-order valence-corrected chi connectivity index (χ0v) is 10.6. The first-order valence-electron chi connectivity index (χ1n) is 6.10. The van der Waals surface area contributed by atoms with Crippen LogP contribution in [-0.4, -0.2) is 40.9 Å². The summed E-state index contributed by atoms with van der Waals surface area (Å²) >= 11 is 0. The van der Waals surface area contributed by atoms with E-state index >= 15 is 0 Å². The third kappa shape index (κ3) is 2.23. The number of β-amino-alcohol motifs (C(OH)–C–C–N with tert-alkyl or cyclic N) is 1. The van der Waals surface area contributed by atoms with E-state index < -0.39 is 5.60 Å². The lowest BCUT2D eigenvalue weighted by Crippen LogP contribution is -2.57. The summed E-state index contributed by atoms with van der Waals surface area (Å²) in [5.41, 5.74) is 0.131. The van der Waals surface area contributed by atoms with Crippen molar-refractivity contribution in [2.24, 2.45) is 0 Å². The highest BCUT2D eigenvalue weighted by molar-refractivity contribution is 5.26. The van der Waals surface area contributed by atoms with Gasteiger partial charge in [0.05, 0.1) is 17.7 Å². The fourth-order valence-corrected chi connectivity index (χ4v) is 2.81. The Morgan fingerprint density at radius 1 is 1.24 bits per heavy atom. The Bertz CT molecular complexity index is 377. The molecule has 2 N–H and O–H groups in total. The molecule has 1 aliphatic heterocycles. The van der Waals surface area contributed by atoms with E-state index in [9.17, 15) is 10.2 Å². The topological polar surface area (TPSA) is 43.7 Å². The first-order chi connectivity index (χ1) is 8.00. The molecule has 0 aromatic heterocycles. The number of nitrogens with zero attached hydrogens (tertiary/aromatic N) is 1. The number of likely N-dealkylation sites (tertiary alicyclic amines) is 1. The predicted molar refractivity (Wildman–Crippen MR) is 67.7 cm³/mol. The first-order valence-corrected chi connectivity index (χ1v) is 6.10. The molecule has 3 nitrogen and oxygen atoms in total. The van der Waals surface area contributed by atoms with Gasteiger partial charge in [-0.25, -0.2) is 0 Å². The minimum Gasteiger partial charge on any atom is -0.394 e. The van der Waals surface area contributed by atoms with E-state index in [1.165, 1.54) is 0 Å². The van der Waals surface area contributed by atoms with Crippen molar-refractivity contribution in [1.82, 2.24) is 4.90 Å². The highest BCUT2D eigenvalue weighted by Gasteiger charge is 2.44. The van der Waals surface area contributed by atoms with E-state index in [0.717, 1.165) is 12.0 Å². The largest absolute Gasteiger partial charge is 0.394 e. The molecule has 1 saturated heterocycles. The highest BCUT2D eigenvalue weighted by atomic mass is 16.3. The average Bonchev–Trinajstić information content (AvgIpc) is 2.30. The zero-order valence-electron chi connectivity index (χ0n) is 10.6. The van der Waals surface area contributed by atoms with Gasteiger partial charge in [-0.2, -0.15) is 0 Å². The van der Waals surface area contributed by atoms with Crippen molar-refractivity contribution >= 4 is 0 Å². The minimum absolute atomic E-state index is 0.0869. The summed E-state index contributed by atoms with van der Waals surface area (Å²) in [4.78, 5) is 2.08. The van der Waals surface area contributed by atoms with E-state index in [2.05, 4.69) is 4.90 Å². The molecule has 0 unspecified atom stereocenters. The van der Waals surface area contributed by atoms with Crippen LogP contribution < -0.4 is 0 Å². The van der Waals surface area contributed by atoms with Crippen molar-refractivity contribution in [2.45, 2.75) is 30.9 Å². The van der Waals surface area contributed by atoms with Gasteiger partial charge in [-0.05, 0) is 32.4 Å². The third-order valence-corrected chi connectivity index (χ3v) is 3.96. The maximum atomic E-state index is 10.1. The Kier molecular flexibility index (Phi) is 3.25. The molecule has 0 radical (unpaired) electrons. The van der Waals surface area contributed by atoms with Crippen LogP contribution in [0.2, 0.25) is 0 Å². The van der Waals surface area contributed by atoms with E-state index in [-0.39, 0.29) is 12.1 Å². The number of hydrogen-bond donors (Lipinski definition) is 2. The fourth-order valence-electron chi connectivity index (χ4n) is 2.81. The maximum absolute atomic E-state index is 10.1. The highest BCUT2D eigenvalue weighted by Crippen LogP contribution is 2.39. The molecular formula is C14H21NO2. The Hall–Kier alpha value is -0.900. The lowest BCUT2D eigenvalue weighted by molar-refractivity contribution is -0.0857. The Morgan fingerprint density at radius 2 is 1.88 bits per heavy atom. The van der Waals surface area contributed by atoms with Gasteiger partial charge in [0, 0.05) is 6.54 Å². The second-order valence-corrected chi connectivity index (χ2v) is 5.41. The SMILES string of the molecule is CN1C[C@](C)(O)CC[C@@]1(CO)c1ccccc1. The maximum Gasteiger partial charge on any atom is 0.0747 e. The van der Waals surface area contributed by atoms with Crippen molar-refractivity contribution in [2.75, 3.05) is 20.2 Å². The minimum atomic E-state index is -0.651. The molecule has 94 valence electrons. The summed E-state index contributed by atoms with van der Waals surface area (Å²) in [5.74, 6) is 0. The second kappa shape index (κ2) is 4.41. The van der Waals surface area contributed by atoms with Crippen LogP contribution in [0, 0.1) is 0 Å². The lowest BCUT2D eigenvalue weighted by atomic mass is 9.77. The second-order valence-electron chi connectivity index (χ2n) is 5.41. The molecule has 3 heteroatoms. The molecule has 1 aromatic carbocycles. The Morgan fingerprint density at radius 3 is 2.41 bits per heavy atom. The average molecular weight is 235 g/mol. The summed E-state index contributed by atoms with van der Waals surface area (Å²) in [5, 5.41) is 19.9. The molecule has 1 heterocycles. The quantitative estimate of drug-likeness (QED) is 0.813. The molecule has 0 amide bonds. The molecule has 2 atom stereocenters. The number of rotatable bonds is 2. The van der Waals surface area contributed by atoms with Gasteiger partial charge in [-0.15, -0.1) is 0 Å². The van der Waals surface area contributed by atoms with Crippen molar-refractivity contribution < 1.29 is 10.2 Å². The van der Waals surface area contributed by atoms with Crippen molar-refractivity contribution in [3.05, 3.63) is 35.9 Å². The van der Waals surface area contributed by atoms with Gasteiger partial charge in [0.1, 0.15) is 0 Å². The number of likely N-dealkylation sites (N-methyl/N-ethyl adjacent to an activating group) is 1. The third-order valence-electron chi connectivity index (χ3n) is 3.96. The Labute approximate surface area is 103 Å². The van der Waals surface area contributed by atoms with Gasteiger partial charge < -0.3 is 10.2 Å². The predicted octanol–water partition coefficient (Wildman–Crippen LogP) is 1.35. The lowest BCUT2D eigenvalue weighted by Gasteiger charge is -2.49. The van der Waals surface area contributed by atoms with Crippen LogP contribution in [-0.2, 0) is 5.54 Å². The summed E-state index contributed by atoms with van der Waals surface area (Å²) in [6.45, 7) is 2.53. The molecule has 17 heavy (non-hydrogen) atoms. The van der Waals surface area contributed by atoms with Gasteiger partial charge in [-0.1, -0.05) is 30.3 Å². The summed E-state index contributed by atoms with van der Waals surface area (Å²) < 4.78 is 0. The molecule has 1 fully saturated rings. The molecule has 0 aliphatic carbocycles. The van der Waals surface area contributed by atoms with Gasteiger partial charge in [0.15, 0.2) is 0 Å². The fraction of sp³-hybridized carbons (Fsp3) is 0.571. The molecular weight excluding hydrogens is 214 g/mol. The number of benzene rings is 1. The van der Waals surface area contributed by atoms with Crippen LogP contribution in [0.3, 0.4) is 0 Å². The van der Waals surface area contributed by atoms with Crippen molar-refractivity contribution in [3.63, 3.8) is 0 Å². The molecule has 0 saturated carbocycles. The van der Waals surface area contributed by atoms with Gasteiger partial charge in [-0.3, -0.25) is 4.90 Å². The zero-order chi connectivity index (χ0) is 12.5. The van der Waals surface area contributed by atoms with Crippen molar-refractivity contribution in [1.29, 1.82) is 0 Å². The van der Waals surface area contributed by atoms with Crippen LogP contribution in [0.15, 0.2) is 30.3 Å². The normalized spacial score (nSPS) is 34.8. The van der Waals surface area contributed by atoms with Crippen LogP contribution in [0.4, 0.5) is 0 Å². The van der Waals surface area contributed by atoms with E-state index in [0.29, 0.717) is 13.0 Å². The smallest absolute Gasteiger partial charge is 0.0747 e. The first kappa shape index (κ1) is 12.6. The molecule has 1 aliphatic rings. The van der Waals surface area contributed by atoms with Crippen LogP contribution >= 0.6 is 0 Å².